The van der Waals surface area contributed by atoms with E-state index >= 15 is 0 Å². The van der Waals surface area contributed by atoms with Crippen molar-refractivity contribution in [2.45, 2.75) is 19.3 Å². The summed E-state index contributed by atoms with van der Waals surface area (Å²) in [6.07, 6.45) is 1.68. The molecular weight excluding hydrogens is 332 g/mol. The van der Waals surface area contributed by atoms with Gasteiger partial charge in [0.05, 0.1) is 10.7 Å². The van der Waals surface area contributed by atoms with Gasteiger partial charge in [0.15, 0.2) is 0 Å². The zero-order valence-corrected chi connectivity index (χ0v) is 14.6. The van der Waals surface area contributed by atoms with Gasteiger partial charge < -0.3 is 10.4 Å². The molecule has 0 unspecified atom stereocenters. The average Bonchev–Trinajstić information content (AvgIpc) is 3.11. The fourth-order valence-electron chi connectivity index (χ4n) is 2.53. The molecule has 2 aromatic carbocycles. The quantitative estimate of drug-likeness (QED) is 0.680. The number of aromatic hydroxyl groups is 1. The van der Waals surface area contributed by atoms with E-state index in [-0.39, 0.29) is 11.7 Å². The van der Waals surface area contributed by atoms with Crippen LogP contribution in [0.1, 0.15) is 17.0 Å². The maximum Gasteiger partial charge on any atom is 0.220 e. The molecular formula is C20H20N2O2S. The first-order chi connectivity index (χ1) is 12.2. The number of carbonyl (C=O) groups is 1. The third kappa shape index (κ3) is 4.90. The van der Waals surface area contributed by atoms with E-state index in [9.17, 15) is 9.90 Å². The number of para-hydroxylation sites is 1. The lowest BCUT2D eigenvalue weighted by molar-refractivity contribution is -0.121. The summed E-state index contributed by atoms with van der Waals surface area (Å²) < 4.78 is 0. The van der Waals surface area contributed by atoms with E-state index in [1.807, 2.05) is 47.8 Å². The molecule has 3 rings (SSSR count). The van der Waals surface area contributed by atoms with Crippen LogP contribution in [0, 0.1) is 0 Å². The maximum absolute atomic E-state index is 12.0. The van der Waals surface area contributed by atoms with Gasteiger partial charge in [0, 0.05) is 30.3 Å². The monoisotopic (exact) mass is 352 g/mol. The van der Waals surface area contributed by atoms with Crippen LogP contribution in [0.5, 0.6) is 5.75 Å². The van der Waals surface area contributed by atoms with E-state index in [1.165, 1.54) is 0 Å². The third-order valence-corrected chi connectivity index (χ3v) is 4.80. The van der Waals surface area contributed by atoms with Gasteiger partial charge in [-0.25, -0.2) is 4.98 Å². The topological polar surface area (TPSA) is 62.2 Å². The van der Waals surface area contributed by atoms with E-state index < -0.39 is 0 Å². The van der Waals surface area contributed by atoms with Gasteiger partial charge in [-0.15, -0.1) is 11.3 Å². The number of hydrogen-bond acceptors (Lipinski definition) is 4. The molecule has 3 aromatic rings. The van der Waals surface area contributed by atoms with Crippen molar-refractivity contribution in [3.8, 4) is 17.0 Å². The largest absolute Gasteiger partial charge is 0.508 e. The number of aryl methyl sites for hydroxylation is 1. The number of carbonyl (C=O) groups excluding carboxylic acids is 1. The predicted octanol–water partition coefficient (Wildman–Crippen LogP) is 3.81. The van der Waals surface area contributed by atoms with Crippen LogP contribution in [0.4, 0.5) is 0 Å². The minimum absolute atomic E-state index is 0.00637. The van der Waals surface area contributed by atoms with Gasteiger partial charge in [0.25, 0.3) is 0 Å². The molecule has 0 saturated heterocycles. The van der Waals surface area contributed by atoms with E-state index in [1.54, 1.807) is 23.5 Å². The van der Waals surface area contributed by atoms with Crippen LogP contribution in [0.3, 0.4) is 0 Å². The molecule has 4 nitrogen and oxygen atoms in total. The molecule has 0 atom stereocenters. The summed E-state index contributed by atoms with van der Waals surface area (Å²) in [5.41, 5.74) is 2.90. The van der Waals surface area contributed by atoms with Crippen molar-refractivity contribution >= 4 is 17.2 Å². The molecule has 1 aromatic heterocycles. The van der Waals surface area contributed by atoms with Gasteiger partial charge in [-0.2, -0.15) is 0 Å². The number of nitrogens with one attached hydrogen (secondary N) is 1. The van der Waals surface area contributed by atoms with Crippen molar-refractivity contribution in [3.63, 3.8) is 0 Å². The number of phenolic OH excluding ortho intramolecular Hbond substituents is 1. The van der Waals surface area contributed by atoms with Crippen LogP contribution in [0.2, 0.25) is 0 Å². The molecule has 1 amide bonds. The second-order valence-corrected chi connectivity index (χ2v) is 6.66. The molecule has 0 radical (unpaired) electrons. The van der Waals surface area contributed by atoms with Gasteiger partial charge in [-0.05, 0) is 18.1 Å². The van der Waals surface area contributed by atoms with Gasteiger partial charge >= 0.3 is 0 Å². The fraction of sp³-hybridized carbons (Fsp3) is 0.200. The molecule has 0 spiro atoms. The van der Waals surface area contributed by atoms with Crippen LogP contribution in [0.25, 0.3) is 11.3 Å². The molecule has 0 bridgehead atoms. The van der Waals surface area contributed by atoms with Gasteiger partial charge in [0.1, 0.15) is 5.75 Å². The Morgan fingerprint density at radius 3 is 2.60 bits per heavy atom. The van der Waals surface area contributed by atoms with E-state index in [0.29, 0.717) is 25.8 Å². The number of phenols is 1. The minimum atomic E-state index is 0.00637. The van der Waals surface area contributed by atoms with Crippen LogP contribution in [0.15, 0.2) is 60.0 Å². The highest BCUT2D eigenvalue weighted by molar-refractivity contribution is 7.09. The van der Waals surface area contributed by atoms with Crippen LogP contribution < -0.4 is 5.32 Å². The van der Waals surface area contributed by atoms with Crippen molar-refractivity contribution in [1.82, 2.24) is 10.3 Å². The molecule has 0 aliphatic carbocycles. The van der Waals surface area contributed by atoms with Gasteiger partial charge in [0.2, 0.25) is 5.91 Å². The SMILES string of the molecule is O=C(CCc1nc(-c2ccccc2)cs1)NCCc1ccccc1O. The molecule has 2 N–H and O–H groups in total. The first kappa shape index (κ1) is 17.2. The van der Waals surface area contributed by atoms with Crippen molar-refractivity contribution < 1.29 is 9.90 Å². The Morgan fingerprint density at radius 2 is 1.80 bits per heavy atom. The highest BCUT2D eigenvalue weighted by Gasteiger charge is 2.07. The molecule has 5 heteroatoms. The molecule has 0 fully saturated rings. The van der Waals surface area contributed by atoms with E-state index in [2.05, 4.69) is 10.3 Å². The Morgan fingerprint density at radius 1 is 1.04 bits per heavy atom. The number of aromatic nitrogens is 1. The minimum Gasteiger partial charge on any atom is -0.508 e. The lowest BCUT2D eigenvalue weighted by Gasteiger charge is -2.06. The number of thiazole rings is 1. The number of hydrogen-bond donors (Lipinski definition) is 2. The Bertz CT molecular complexity index is 830. The molecule has 0 saturated carbocycles. The summed E-state index contributed by atoms with van der Waals surface area (Å²) in [6.45, 7) is 0.517. The van der Waals surface area contributed by atoms with Gasteiger partial charge in [-0.3, -0.25) is 4.79 Å². The second kappa shape index (κ2) is 8.44. The molecule has 0 aliphatic rings. The van der Waals surface area contributed by atoms with Crippen LogP contribution in [-0.2, 0) is 17.6 Å². The number of benzene rings is 2. The van der Waals surface area contributed by atoms with E-state index in [0.717, 1.165) is 21.8 Å². The number of nitrogens with zero attached hydrogens (tertiary/aromatic N) is 1. The fourth-order valence-corrected chi connectivity index (χ4v) is 3.34. The molecule has 0 aliphatic heterocycles. The number of rotatable bonds is 7. The zero-order chi connectivity index (χ0) is 17.5. The first-order valence-electron chi connectivity index (χ1n) is 8.26. The Hall–Kier alpha value is -2.66. The summed E-state index contributed by atoms with van der Waals surface area (Å²) in [6, 6.07) is 17.2. The standard InChI is InChI=1S/C20H20N2O2S/c23-18-9-5-4-8-16(18)12-13-21-19(24)10-11-20-22-17(14-25-20)15-6-2-1-3-7-15/h1-9,14,23H,10-13H2,(H,21,24). The van der Waals surface area contributed by atoms with Crippen molar-refractivity contribution in [3.05, 3.63) is 70.5 Å². The molecule has 128 valence electrons. The highest BCUT2D eigenvalue weighted by Crippen LogP contribution is 2.22. The van der Waals surface area contributed by atoms with Crippen LogP contribution in [-0.4, -0.2) is 22.5 Å². The lowest BCUT2D eigenvalue weighted by Crippen LogP contribution is -2.25. The average molecular weight is 352 g/mol. The second-order valence-electron chi connectivity index (χ2n) is 5.72. The summed E-state index contributed by atoms with van der Waals surface area (Å²) in [5, 5.41) is 15.6. The third-order valence-electron chi connectivity index (χ3n) is 3.90. The molecule has 1 heterocycles. The predicted molar refractivity (Wildman–Crippen MR) is 101 cm³/mol. The van der Waals surface area contributed by atoms with Crippen LogP contribution >= 0.6 is 11.3 Å². The lowest BCUT2D eigenvalue weighted by atomic mass is 10.1. The summed E-state index contributed by atoms with van der Waals surface area (Å²) in [5.74, 6) is 0.278. The Labute approximate surface area is 151 Å². The summed E-state index contributed by atoms with van der Waals surface area (Å²) in [7, 11) is 0. The molecule has 25 heavy (non-hydrogen) atoms. The van der Waals surface area contributed by atoms with Gasteiger partial charge in [-0.1, -0.05) is 48.5 Å². The van der Waals surface area contributed by atoms with E-state index in [4.69, 9.17) is 0 Å². The van der Waals surface area contributed by atoms with Crippen molar-refractivity contribution in [1.29, 1.82) is 0 Å². The van der Waals surface area contributed by atoms with Crippen molar-refractivity contribution in [2.75, 3.05) is 6.54 Å². The highest BCUT2D eigenvalue weighted by atomic mass is 32.1. The Kier molecular flexibility index (Phi) is 5.80. The first-order valence-corrected chi connectivity index (χ1v) is 9.14. The zero-order valence-electron chi connectivity index (χ0n) is 13.8. The summed E-state index contributed by atoms with van der Waals surface area (Å²) in [4.78, 5) is 16.6. The normalized spacial score (nSPS) is 10.6. The smallest absolute Gasteiger partial charge is 0.220 e. The number of amides is 1. The Balaban J connectivity index is 1.44. The van der Waals surface area contributed by atoms with Crippen molar-refractivity contribution in [2.24, 2.45) is 0 Å². The maximum atomic E-state index is 12.0. The summed E-state index contributed by atoms with van der Waals surface area (Å²) >= 11 is 1.58.